The molecule has 0 unspecified atom stereocenters. The van der Waals surface area contributed by atoms with Crippen LogP contribution in [0.2, 0.25) is 0 Å². The predicted octanol–water partition coefficient (Wildman–Crippen LogP) is 2.39. The Morgan fingerprint density at radius 1 is 1.46 bits per heavy atom. The molecule has 0 amide bonds. The number of ketones is 1. The molecule has 0 aliphatic rings. The largest absolute Gasteiger partial charge is 0.504 e. The maximum absolute atomic E-state index is 11.7. The van der Waals surface area contributed by atoms with Gasteiger partial charge in [0.25, 0.3) is 0 Å². The van der Waals surface area contributed by atoms with E-state index in [0.717, 1.165) is 11.5 Å². The van der Waals surface area contributed by atoms with Crippen LogP contribution < -0.4 is 0 Å². The van der Waals surface area contributed by atoms with Gasteiger partial charge >= 0.3 is 0 Å². The molecule has 1 aromatic rings. The summed E-state index contributed by atoms with van der Waals surface area (Å²) < 4.78 is 3.92. The van der Waals surface area contributed by atoms with Gasteiger partial charge < -0.3 is 5.11 Å². The number of rotatable bonds is 1. The van der Waals surface area contributed by atoms with Crippen LogP contribution in [0.4, 0.5) is 0 Å². The highest BCUT2D eigenvalue weighted by atomic mass is 32.1. The van der Waals surface area contributed by atoms with E-state index in [9.17, 15) is 9.90 Å². The van der Waals surface area contributed by atoms with Crippen LogP contribution in [0, 0.1) is 12.3 Å². The van der Waals surface area contributed by atoms with Gasteiger partial charge in [0, 0.05) is 5.41 Å². The van der Waals surface area contributed by atoms with E-state index in [0.29, 0.717) is 4.88 Å². The number of nitrogens with zero attached hydrogens (tertiary/aromatic N) is 1. The van der Waals surface area contributed by atoms with Crippen LogP contribution in [0.5, 0.6) is 5.75 Å². The average Bonchev–Trinajstić information content (AvgIpc) is 2.30. The number of Topliss-reactive ketones (excluding diaryl/α,β-unsaturated/α-hetero) is 1. The molecular formula is C9H13NO2S. The minimum atomic E-state index is -0.488. The van der Waals surface area contributed by atoms with Crippen molar-refractivity contribution in [1.29, 1.82) is 0 Å². The van der Waals surface area contributed by atoms with Crippen LogP contribution in [-0.2, 0) is 0 Å². The van der Waals surface area contributed by atoms with E-state index >= 15 is 0 Å². The summed E-state index contributed by atoms with van der Waals surface area (Å²) in [7, 11) is 0. The molecular weight excluding hydrogens is 186 g/mol. The molecule has 1 heterocycles. The highest BCUT2D eigenvalue weighted by molar-refractivity contribution is 7.06. The molecule has 0 aliphatic carbocycles. The van der Waals surface area contributed by atoms with Gasteiger partial charge in [-0.1, -0.05) is 20.8 Å². The maximum atomic E-state index is 11.7. The van der Waals surface area contributed by atoms with Gasteiger partial charge in [-0.25, -0.2) is 0 Å². The summed E-state index contributed by atoms with van der Waals surface area (Å²) in [5.74, 6) is -0.0840. The van der Waals surface area contributed by atoms with Gasteiger partial charge in [-0.15, -0.1) is 0 Å². The molecule has 72 valence electrons. The fourth-order valence-corrected chi connectivity index (χ4v) is 1.45. The summed E-state index contributed by atoms with van der Waals surface area (Å²) in [6, 6.07) is 0. The first-order valence-corrected chi connectivity index (χ1v) is 4.81. The lowest BCUT2D eigenvalue weighted by molar-refractivity contribution is 0.0851. The molecule has 13 heavy (non-hydrogen) atoms. The molecule has 0 saturated heterocycles. The summed E-state index contributed by atoms with van der Waals surface area (Å²) >= 11 is 1.15. The van der Waals surface area contributed by atoms with Crippen LogP contribution in [-0.4, -0.2) is 15.3 Å². The van der Waals surface area contributed by atoms with Crippen LogP contribution in [0.25, 0.3) is 0 Å². The van der Waals surface area contributed by atoms with Gasteiger partial charge in [-0.2, -0.15) is 4.37 Å². The number of carbonyl (C=O) groups excluding carboxylic acids is 1. The third-order valence-corrected chi connectivity index (χ3v) is 2.47. The molecule has 0 saturated carbocycles. The maximum Gasteiger partial charge on any atom is 0.191 e. The normalized spacial score (nSPS) is 11.7. The fraction of sp³-hybridized carbons (Fsp3) is 0.556. The highest BCUT2D eigenvalue weighted by Crippen LogP contribution is 2.30. The Balaban J connectivity index is 3.10. The Labute approximate surface area is 81.6 Å². The van der Waals surface area contributed by atoms with Crippen LogP contribution in [0.1, 0.15) is 36.1 Å². The quantitative estimate of drug-likeness (QED) is 0.706. The molecule has 0 aromatic carbocycles. The fourth-order valence-electron chi connectivity index (χ4n) is 0.872. The second-order valence-electron chi connectivity index (χ2n) is 4.02. The molecule has 1 N–H and O–H groups in total. The van der Waals surface area contributed by atoms with Gasteiger partial charge in [0.2, 0.25) is 0 Å². The van der Waals surface area contributed by atoms with E-state index in [-0.39, 0.29) is 17.2 Å². The summed E-state index contributed by atoms with van der Waals surface area (Å²) in [5, 5.41) is 9.50. The second-order valence-corrected chi connectivity index (χ2v) is 4.99. The SMILES string of the molecule is Cc1snc(C(=O)C(C)(C)C)c1O. The van der Waals surface area contributed by atoms with Gasteiger partial charge in [-0.3, -0.25) is 4.79 Å². The number of aryl methyl sites for hydroxylation is 1. The van der Waals surface area contributed by atoms with Gasteiger partial charge in [-0.05, 0) is 18.5 Å². The van der Waals surface area contributed by atoms with Crippen molar-refractivity contribution in [1.82, 2.24) is 4.37 Å². The number of hydrogen-bond donors (Lipinski definition) is 1. The van der Waals surface area contributed by atoms with Crippen LogP contribution in [0.3, 0.4) is 0 Å². The molecule has 1 aromatic heterocycles. The van der Waals surface area contributed by atoms with E-state index in [1.54, 1.807) is 6.92 Å². The molecule has 0 bridgehead atoms. The van der Waals surface area contributed by atoms with Crippen molar-refractivity contribution < 1.29 is 9.90 Å². The molecule has 0 spiro atoms. The Morgan fingerprint density at radius 3 is 2.31 bits per heavy atom. The topological polar surface area (TPSA) is 50.2 Å². The second kappa shape index (κ2) is 3.10. The van der Waals surface area contributed by atoms with Crippen molar-refractivity contribution in [3.8, 4) is 5.75 Å². The lowest BCUT2D eigenvalue weighted by atomic mass is 9.89. The molecule has 0 aliphatic heterocycles. The third-order valence-electron chi connectivity index (χ3n) is 1.73. The summed E-state index contributed by atoms with van der Waals surface area (Å²) in [5.41, 5.74) is -0.284. The average molecular weight is 199 g/mol. The zero-order valence-corrected chi connectivity index (χ0v) is 9.03. The van der Waals surface area contributed by atoms with Crippen molar-refractivity contribution in [2.45, 2.75) is 27.7 Å². The minimum Gasteiger partial charge on any atom is -0.504 e. The van der Waals surface area contributed by atoms with Crippen molar-refractivity contribution in [2.75, 3.05) is 0 Å². The molecule has 4 heteroatoms. The highest BCUT2D eigenvalue weighted by Gasteiger charge is 2.28. The van der Waals surface area contributed by atoms with Crippen molar-refractivity contribution in [3.63, 3.8) is 0 Å². The first-order valence-electron chi connectivity index (χ1n) is 4.04. The van der Waals surface area contributed by atoms with Crippen LogP contribution in [0.15, 0.2) is 0 Å². The molecule has 1 rings (SSSR count). The Bertz CT molecular complexity index is 336. The van der Waals surface area contributed by atoms with E-state index < -0.39 is 5.41 Å². The number of carbonyl (C=O) groups is 1. The molecule has 0 atom stereocenters. The van der Waals surface area contributed by atoms with Gasteiger partial charge in [0.1, 0.15) is 0 Å². The molecule has 3 nitrogen and oxygen atoms in total. The summed E-state index contributed by atoms with van der Waals surface area (Å²) in [6.07, 6.45) is 0. The number of hydrogen-bond acceptors (Lipinski definition) is 4. The minimum absolute atomic E-state index is 0.0323. The first kappa shape index (κ1) is 10.2. The van der Waals surface area contributed by atoms with Gasteiger partial charge in [0.05, 0.1) is 4.88 Å². The molecule has 0 fully saturated rings. The third kappa shape index (κ3) is 1.88. The monoisotopic (exact) mass is 199 g/mol. The van der Waals surface area contributed by atoms with Crippen molar-refractivity contribution in [2.24, 2.45) is 5.41 Å². The smallest absolute Gasteiger partial charge is 0.191 e. The van der Waals surface area contributed by atoms with Gasteiger partial charge in [0.15, 0.2) is 17.2 Å². The zero-order valence-electron chi connectivity index (χ0n) is 8.21. The van der Waals surface area contributed by atoms with E-state index in [4.69, 9.17) is 0 Å². The van der Waals surface area contributed by atoms with Crippen molar-refractivity contribution in [3.05, 3.63) is 10.6 Å². The van der Waals surface area contributed by atoms with E-state index in [1.165, 1.54) is 0 Å². The number of aromatic hydroxyl groups is 1. The Kier molecular flexibility index (Phi) is 2.43. The van der Waals surface area contributed by atoms with Crippen molar-refractivity contribution >= 4 is 17.3 Å². The van der Waals surface area contributed by atoms with E-state index in [2.05, 4.69) is 4.37 Å². The Morgan fingerprint density at radius 2 is 2.00 bits per heavy atom. The zero-order chi connectivity index (χ0) is 10.2. The van der Waals surface area contributed by atoms with E-state index in [1.807, 2.05) is 20.8 Å². The van der Waals surface area contributed by atoms with Crippen LogP contribution >= 0.6 is 11.5 Å². The molecule has 0 radical (unpaired) electrons. The first-order chi connectivity index (χ1) is 5.84. The number of aromatic nitrogens is 1. The lowest BCUT2D eigenvalue weighted by Crippen LogP contribution is -2.20. The standard InChI is InChI=1S/C9H13NO2S/c1-5-7(11)6(10-13-5)8(12)9(2,3)4/h11H,1-4H3. The summed E-state index contributed by atoms with van der Waals surface area (Å²) in [6.45, 7) is 7.17. The summed E-state index contributed by atoms with van der Waals surface area (Å²) in [4.78, 5) is 12.4. The lowest BCUT2D eigenvalue weighted by Gasteiger charge is -2.14. The Hall–Kier alpha value is -0.900. The predicted molar refractivity (Wildman–Crippen MR) is 52.3 cm³/mol.